The average molecular weight is 365 g/mol. The molecule has 2 heterocycles. The minimum atomic E-state index is 0.574. The van der Waals surface area contributed by atoms with Crippen molar-refractivity contribution in [1.29, 1.82) is 10.7 Å². The Hall–Kier alpha value is -3.65. The lowest BCUT2D eigenvalue weighted by molar-refractivity contribution is 0.689. The van der Waals surface area contributed by atoms with Crippen LogP contribution in [0.1, 0.15) is 35.2 Å². The maximum absolute atomic E-state index is 9.29. The van der Waals surface area contributed by atoms with Crippen LogP contribution in [-0.4, -0.2) is 16.2 Å². The number of aromatic amines is 1. The first-order valence-electron chi connectivity index (χ1n) is 9.47. The number of pyridine rings is 1. The molecule has 0 spiro atoms. The van der Waals surface area contributed by atoms with Crippen molar-refractivity contribution in [1.82, 2.24) is 9.97 Å². The quantitative estimate of drug-likeness (QED) is 0.354. The molecule has 28 heavy (non-hydrogen) atoms. The van der Waals surface area contributed by atoms with Crippen LogP contribution in [0.25, 0.3) is 33.1 Å². The summed E-state index contributed by atoms with van der Waals surface area (Å²) in [6.45, 7) is 0. The van der Waals surface area contributed by atoms with E-state index in [0.717, 1.165) is 58.7 Å². The van der Waals surface area contributed by atoms with Gasteiger partial charge in [-0.25, -0.2) is 4.98 Å². The van der Waals surface area contributed by atoms with E-state index in [1.54, 1.807) is 0 Å². The van der Waals surface area contributed by atoms with E-state index in [2.05, 4.69) is 11.1 Å². The van der Waals surface area contributed by atoms with Gasteiger partial charge in [0.2, 0.25) is 0 Å². The van der Waals surface area contributed by atoms with E-state index in [9.17, 15) is 5.26 Å². The van der Waals surface area contributed by atoms with Gasteiger partial charge < -0.3 is 16.1 Å². The molecule has 0 radical (unpaired) electrons. The Bertz CT molecular complexity index is 1310. The van der Waals surface area contributed by atoms with Crippen molar-refractivity contribution >= 4 is 33.7 Å². The zero-order valence-corrected chi connectivity index (χ0v) is 15.3. The monoisotopic (exact) mass is 365 g/mol. The van der Waals surface area contributed by atoms with Crippen molar-refractivity contribution in [3.05, 3.63) is 58.8 Å². The fourth-order valence-electron chi connectivity index (χ4n) is 4.38. The number of hydrogen-bond acceptors (Lipinski definition) is 4. The third-order valence-corrected chi connectivity index (χ3v) is 5.71. The minimum absolute atomic E-state index is 0.574. The van der Waals surface area contributed by atoms with Gasteiger partial charge in [0.25, 0.3) is 0 Å². The molecule has 0 fully saturated rings. The molecule has 0 aliphatic heterocycles. The van der Waals surface area contributed by atoms with Crippen molar-refractivity contribution in [2.75, 3.05) is 5.73 Å². The molecule has 0 bridgehead atoms. The predicted molar refractivity (Wildman–Crippen MR) is 113 cm³/mol. The second-order valence-electron chi connectivity index (χ2n) is 7.33. The molecule has 0 unspecified atom stereocenters. The number of anilines is 1. The zero-order valence-electron chi connectivity index (χ0n) is 15.3. The Kier molecular flexibility index (Phi) is 3.66. The SMILES string of the molecule is N#Cc1cc2c(ccc3nc(-c4ccc(N)c(C=N)c4)c4c(c32)CCCC4)[nH]1. The molecular weight excluding hydrogens is 346 g/mol. The summed E-state index contributed by atoms with van der Waals surface area (Å²) < 4.78 is 0. The Labute approximate surface area is 162 Å². The van der Waals surface area contributed by atoms with Crippen LogP contribution in [0.4, 0.5) is 5.69 Å². The number of nitrogens with one attached hydrogen (secondary N) is 2. The largest absolute Gasteiger partial charge is 0.398 e. The average Bonchev–Trinajstić information content (AvgIpc) is 3.17. The van der Waals surface area contributed by atoms with Gasteiger partial charge >= 0.3 is 0 Å². The third-order valence-electron chi connectivity index (χ3n) is 5.71. The van der Waals surface area contributed by atoms with Crippen molar-refractivity contribution in [3.8, 4) is 17.3 Å². The maximum atomic E-state index is 9.29. The van der Waals surface area contributed by atoms with Crippen LogP contribution in [0.2, 0.25) is 0 Å². The second-order valence-corrected chi connectivity index (χ2v) is 7.33. The van der Waals surface area contributed by atoms with Crippen molar-refractivity contribution in [2.24, 2.45) is 0 Å². The highest BCUT2D eigenvalue weighted by Gasteiger charge is 2.21. The fraction of sp³-hybridized carbons (Fsp3) is 0.174. The van der Waals surface area contributed by atoms with E-state index in [4.69, 9.17) is 16.1 Å². The highest BCUT2D eigenvalue weighted by Crippen LogP contribution is 2.38. The number of aryl methyl sites for hydroxylation is 1. The Morgan fingerprint density at radius 1 is 1.11 bits per heavy atom. The predicted octanol–water partition coefficient (Wildman–Crippen LogP) is 4.71. The number of nitriles is 1. The maximum Gasteiger partial charge on any atom is 0.118 e. The summed E-state index contributed by atoms with van der Waals surface area (Å²) in [7, 11) is 0. The van der Waals surface area contributed by atoms with Gasteiger partial charge in [-0.1, -0.05) is 6.07 Å². The highest BCUT2D eigenvalue weighted by atomic mass is 14.7. The molecule has 0 amide bonds. The molecule has 0 saturated carbocycles. The Balaban J connectivity index is 1.86. The Morgan fingerprint density at radius 2 is 1.93 bits per heavy atom. The summed E-state index contributed by atoms with van der Waals surface area (Å²) in [6.07, 6.45) is 5.60. The number of benzene rings is 2. The number of nitrogens with two attached hydrogens (primary N) is 1. The highest BCUT2D eigenvalue weighted by molar-refractivity contribution is 6.09. The van der Waals surface area contributed by atoms with E-state index in [-0.39, 0.29) is 0 Å². The van der Waals surface area contributed by atoms with Crippen LogP contribution in [0.15, 0.2) is 36.4 Å². The van der Waals surface area contributed by atoms with Gasteiger partial charge in [0, 0.05) is 39.3 Å². The van der Waals surface area contributed by atoms with Crippen molar-refractivity contribution in [3.63, 3.8) is 0 Å². The lowest BCUT2D eigenvalue weighted by atomic mass is 9.85. The molecule has 1 aliphatic carbocycles. The number of hydrogen-bond donors (Lipinski definition) is 3. The molecule has 2 aromatic heterocycles. The van der Waals surface area contributed by atoms with Crippen molar-refractivity contribution < 1.29 is 0 Å². The van der Waals surface area contributed by atoms with Crippen molar-refractivity contribution in [2.45, 2.75) is 25.7 Å². The van der Waals surface area contributed by atoms with Crippen LogP contribution in [0.3, 0.4) is 0 Å². The standard InChI is InChI=1S/C23H19N5/c24-11-14-9-13(5-6-19(14)26)23-17-4-2-1-3-16(17)22-18-10-15(12-25)27-20(18)7-8-21(22)28-23/h5-11,24,27H,1-4,26H2. The molecule has 2 aromatic carbocycles. The fourth-order valence-corrected chi connectivity index (χ4v) is 4.38. The summed E-state index contributed by atoms with van der Waals surface area (Å²) in [5, 5.41) is 19.1. The summed E-state index contributed by atoms with van der Waals surface area (Å²) in [6, 6.07) is 14.0. The van der Waals surface area contributed by atoms with Crippen LogP contribution >= 0.6 is 0 Å². The number of nitrogen functional groups attached to an aromatic ring is 1. The van der Waals surface area contributed by atoms with Crippen LogP contribution in [0, 0.1) is 16.7 Å². The van der Waals surface area contributed by atoms with Gasteiger partial charge in [-0.15, -0.1) is 0 Å². The number of nitrogens with zero attached hydrogens (tertiary/aromatic N) is 2. The van der Waals surface area contributed by atoms with E-state index in [1.165, 1.54) is 17.3 Å². The molecule has 4 aromatic rings. The topological polar surface area (TPSA) is 102 Å². The second kappa shape index (κ2) is 6.21. The van der Waals surface area contributed by atoms with Crippen LogP contribution < -0.4 is 5.73 Å². The third kappa shape index (κ3) is 2.39. The lowest BCUT2D eigenvalue weighted by Crippen LogP contribution is -2.08. The van der Waals surface area contributed by atoms with Gasteiger partial charge in [0.1, 0.15) is 11.8 Å². The molecule has 0 atom stereocenters. The molecule has 136 valence electrons. The molecule has 5 heteroatoms. The molecule has 0 saturated heterocycles. The number of fused-ring (bicyclic) bond motifs is 5. The Morgan fingerprint density at radius 3 is 2.71 bits per heavy atom. The summed E-state index contributed by atoms with van der Waals surface area (Å²) in [4.78, 5) is 8.22. The van der Waals surface area contributed by atoms with E-state index in [1.807, 2.05) is 36.4 Å². The molecule has 5 rings (SSSR count). The minimum Gasteiger partial charge on any atom is -0.398 e. The van der Waals surface area contributed by atoms with Gasteiger partial charge in [0.05, 0.1) is 11.2 Å². The molecule has 5 nitrogen and oxygen atoms in total. The molecule has 4 N–H and O–H groups in total. The molecule has 1 aliphatic rings. The summed E-state index contributed by atoms with van der Waals surface area (Å²) in [5.74, 6) is 0. The lowest BCUT2D eigenvalue weighted by Gasteiger charge is -2.22. The summed E-state index contributed by atoms with van der Waals surface area (Å²) in [5.41, 5.74) is 14.4. The zero-order chi connectivity index (χ0) is 19.3. The number of rotatable bonds is 2. The normalized spacial score (nSPS) is 13.4. The first-order valence-corrected chi connectivity index (χ1v) is 9.47. The smallest absolute Gasteiger partial charge is 0.118 e. The van der Waals surface area contributed by atoms with E-state index >= 15 is 0 Å². The first kappa shape index (κ1) is 16.5. The van der Waals surface area contributed by atoms with Gasteiger partial charge in [-0.3, -0.25) is 0 Å². The number of H-pyrrole nitrogens is 1. The van der Waals surface area contributed by atoms with Gasteiger partial charge in [0.15, 0.2) is 0 Å². The van der Waals surface area contributed by atoms with Gasteiger partial charge in [-0.2, -0.15) is 5.26 Å². The molecular formula is C23H19N5. The number of aromatic nitrogens is 2. The van der Waals surface area contributed by atoms with E-state index < -0.39 is 0 Å². The van der Waals surface area contributed by atoms with Gasteiger partial charge in [-0.05, 0) is 67.1 Å². The first-order chi connectivity index (χ1) is 13.7. The van der Waals surface area contributed by atoms with Crippen LogP contribution in [-0.2, 0) is 12.8 Å². The summed E-state index contributed by atoms with van der Waals surface area (Å²) >= 11 is 0. The van der Waals surface area contributed by atoms with E-state index in [0.29, 0.717) is 16.9 Å². The van der Waals surface area contributed by atoms with Crippen LogP contribution in [0.5, 0.6) is 0 Å².